The molecule has 1 aliphatic rings. The average molecular weight is 257 g/mol. The maximum absolute atomic E-state index is 11.9. The van der Waals surface area contributed by atoms with E-state index in [2.05, 4.69) is 5.32 Å². The highest BCUT2D eigenvalue weighted by Gasteiger charge is 2.27. The van der Waals surface area contributed by atoms with E-state index in [1.807, 2.05) is 6.92 Å². The quantitative estimate of drug-likeness (QED) is 0.572. The fourth-order valence-corrected chi connectivity index (χ4v) is 2.08. The third-order valence-electron chi connectivity index (χ3n) is 3.14. The van der Waals surface area contributed by atoms with Gasteiger partial charge < -0.3 is 14.8 Å². The lowest BCUT2D eigenvalue weighted by atomic mass is 9.89. The third-order valence-corrected chi connectivity index (χ3v) is 3.14. The minimum Gasteiger partial charge on any atom is -0.466 e. The van der Waals surface area contributed by atoms with Gasteiger partial charge in [-0.25, -0.2) is 0 Å². The van der Waals surface area contributed by atoms with Crippen LogP contribution in [0.15, 0.2) is 0 Å². The molecule has 5 nitrogen and oxygen atoms in total. The SMILES string of the molecule is CCOC(=O)CCCNC(=O)C1CCOCC1C. The summed E-state index contributed by atoms with van der Waals surface area (Å²) in [7, 11) is 0. The molecule has 1 heterocycles. The summed E-state index contributed by atoms with van der Waals surface area (Å²) < 4.78 is 10.1. The Morgan fingerprint density at radius 1 is 1.44 bits per heavy atom. The van der Waals surface area contributed by atoms with Gasteiger partial charge in [-0.15, -0.1) is 0 Å². The van der Waals surface area contributed by atoms with Crippen LogP contribution >= 0.6 is 0 Å². The monoisotopic (exact) mass is 257 g/mol. The molecule has 104 valence electrons. The summed E-state index contributed by atoms with van der Waals surface area (Å²) in [5.74, 6) is 0.186. The predicted molar refractivity (Wildman–Crippen MR) is 67.0 cm³/mol. The highest BCUT2D eigenvalue weighted by atomic mass is 16.5. The van der Waals surface area contributed by atoms with E-state index in [4.69, 9.17) is 9.47 Å². The first-order valence-electron chi connectivity index (χ1n) is 6.66. The number of hydrogen-bond acceptors (Lipinski definition) is 4. The zero-order chi connectivity index (χ0) is 13.4. The number of carbonyl (C=O) groups excluding carboxylic acids is 2. The highest BCUT2D eigenvalue weighted by Crippen LogP contribution is 2.21. The van der Waals surface area contributed by atoms with Gasteiger partial charge in [0.1, 0.15) is 0 Å². The number of carbonyl (C=O) groups is 2. The Hall–Kier alpha value is -1.10. The van der Waals surface area contributed by atoms with E-state index in [9.17, 15) is 9.59 Å². The maximum Gasteiger partial charge on any atom is 0.305 e. The average Bonchev–Trinajstić information content (AvgIpc) is 2.35. The van der Waals surface area contributed by atoms with Crippen LogP contribution in [-0.4, -0.2) is 38.2 Å². The molecule has 1 aliphatic heterocycles. The number of esters is 1. The first-order valence-corrected chi connectivity index (χ1v) is 6.66. The van der Waals surface area contributed by atoms with Gasteiger partial charge in [-0.2, -0.15) is 0 Å². The molecular formula is C13H23NO4. The zero-order valence-electron chi connectivity index (χ0n) is 11.2. The standard InChI is InChI=1S/C13H23NO4/c1-3-18-12(15)5-4-7-14-13(16)11-6-8-17-9-10(11)2/h10-11H,3-9H2,1-2H3,(H,14,16). The smallest absolute Gasteiger partial charge is 0.305 e. The van der Waals surface area contributed by atoms with E-state index in [-0.39, 0.29) is 23.7 Å². The van der Waals surface area contributed by atoms with E-state index in [1.54, 1.807) is 6.92 Å². The van der Waals surface area contributed by atoms with E-state index in [0.717, 1.165) is 6.42 Å². The summed E-state index contributed by atoms with van der Waals surface area (Å²) in [4.78, 5) is 23.0. The van der Waals surface area contributed by atoms with E-state index < -0.39 is 0 Å². The van der Waals surface area contributed by atoms with Crippen molar-refractivity contribution in [1.29, 1.82) is 0 Å². The van der Waals surface area contributed by atoms with Crippen molar-refractivity contribution in [2.45, 2.75) is 33.1 Å². The summed E-state index contributed by atoms with van der Waals surface area (Å²) >= 11 is 0. The number of rotatable bonds is 6. The molecule has 2 atom stereocenters. The molecule has 1 amide bonds. The van der Waals surface area contributed by atoms with E-state index >= 15 is 0 Å². The van der Waals surface area contributed by atoms with Crippen LogP contribution in [0.25, 0.3) is 0 Å². The van der Waals surface area contributed by atoms with E-state index in [0.29, 0.717) is 39.2 Å². The Kier molecular flexibility index (Phi) is 6.72. The van der Waals surface area contributed by atoms with Crippen molar-refractivity contribution in [2.75, 3.05) is 26.4 Å². The Morgan fingerprint density at radius 2 is 2.22 bits per heavy atom. The maximum atomic E-state index is 11.9. The van der Waals surface area contributed by atoms with Crippen LogP contribution < -0.4 is 5.32 Å². The second-order valence-corrected chi connectivity index (χ2v) is 4.65. The molecule has 18 heavy (non-hydrogen) atoms. The first-order chi connectivity index (χ1) is 8.65. The molecule has 1 rings (SSSR count). The lowest BCUT2D eigenvalue weighted by Gasteiger charge is -2.27. The minimum absolute atomic E-state index is 0.0429. The van der Waals surface area contributed by atoms with Crippen LogP contribution in [0.1, 0.15) is 33.1 Å². The Bertz CT molecular complexity index is 280. The van der Waals surface area contributed by atoms with Gasteiger partial charge in [-0.3, -0.25) is 9.59 Å². The molecule has 5 heteroatoms. The first kappa shape index (κ1) is 15.0. The largest absolute Gasteiger partial charge is 0.466 e. The van der Waals surface area contributed by atoms with Gasteiger partial charge in [-0.05, 0) is 25.7 Å². The van der Waals surface area contributed by atoms with Gasteiger partial charge in [0.15, 0.2) is 0 Å². The molecule has 0 aromatic heterocycles. The molecular weight excluding hydrogens is 234 g/mol. The molecule has 0 radical (unpaired) electrons. The summed E-state index contributed by atoms with van der Waals surface area (Å²) in [6.45, 7) is 6.06. The summed E-state index contributed by atoms with van der Waals surface area (Å²) in [6, 6.07) is 0. The van der Waals surface area contributed by atoms with E-state index in [1.165, 1.54) is 0 Å². The molecule has 1 N–H and O–H groups in total. The number of hydrogen-bond donors (Lipinski definition) is 1. The van der Waals surface area contributed by atoms with Crippen LogP contribution in [0.5, 0.6) is 0 Å². The molecule has 0 aromatic rings. The molecule has 2 unspecified atom stereocenters. The van der Waals surface area contributed by atoms with Crippen molar-refractivity contribution in [3.63, 3.8) is 0 Å². The molecule has 0 saturated carbocycles. The summed E-state index contributed by atoms with van der Waals surface area (Å²) in [5, 5.41) is 2.88. The molecule has 0 spiro atoms. The van der Waals surface area contributed by atoms with Gasteiger partial charge in [0.25, 0.3) is 0 Å². The lowest BCUT2D eigenvalue weighted by molar-refractivity contribution is -0.143. The number of amides is 1. The molecule has 1 fully saturated rings. The molecule has 1 saturated heterocycles. The van der Waals surface area contributed by atoms with Crippen molar-refractivity contribution in [1.82, 2.24) is 5.32 Å². The zero-order valence-corrected chi connectivity index (χ0v) is 11.2. The van der Waals surface area contributed by atoms with Crippen molar-refractivity contribution in [2.24, 2.45) is 11.8 Å². The summed E-state index contributed by atoms with van der Waals surface area (Å²) in [5.41, 5.74) is 0. The van der Waals surface area contributed by atoms with Crippen LogP contribution in [0.3, 0.4) is 0 Å². The molecule has 0 bridgehead atoms. The van der Waals surface area contributed by atoms with Crippen molar-refractivity contribution in [3.05, 3.63) is 0 Å². The van der Waals surface area contributed by atoms with Crippen LogP contribution in [0.4, 0.5) is 0 Å². The van der Waals surface area contributed by atoms with Gasteiger partial charge in [-0.1, -0.05) is 6.92 Å². The Labute approximate surface area is 108 Å². The van der Waals surface area contributed by atoms with Gasteiger partial charge in [0, 0.05) is 32.1 Å². The van der Waals surface area contributed by atoms with Crippen molar-refractivity contribution in [3.8, 4) is 0 Å². The normalized spacial score (nSPS) is 23.4. The predicted octanol–water partition coefficient (Wildman–Crippen LogP) is 1.12. The Morgan fingerprint density at radius 3 is 2.89 bits per heavy atom. The Balaban J connectivity index is 2.14. The molecule has 0 aromatic carbocycles. The van der Waals surface area contributed by atoms with Crippen LogP contribution in [0.2, 0.25) is 0 Å². The van der Waals surface area contributed by atoms with Crippen LogP contribution in [0, 0.1) is 11.8 Å². The van der Waals surface area contributed by atoms with Gasteiger partial charge in [0.05, 0.1) is 6.61 Å². The highest BCUT2D eigenvalue weighted by molar-refractivity contribution is 5.79. The second kappa shape index (κ2) is 8.08. The third kappa shape index (κ3) is 5.04. The topological polar surface area (TPSA) is 64.6 Å². The van der Waals surface area contributed by atoms with Crippen LogP contribution in [-0.2, 0) is 19.1 Å². The van der Waals surface area contributed by atoms with Crippen molar-refractivity contribution >= 4 is 11.9 Å². The number of ether oxygens (including phenoxy) is 2. The van der Waals surface area contributed by atoms with Crippen molar-refractivity contribution < 1.29 is 19.1 Å². The fraction of sp³-hybridized carbons (Fsp3) is 0.846. The second-order valence-electron chi connectivity index (χ2n) is 4.65. The lowest BCUT2D eigenvalue weighted by Crippen LogP contribution is -2.39. The van der Waals surface area contributed by atoms with Gasteiger partial charge >= 0.3 is 5.97 Å². The minimum atomic E-state index is -0.203. The molecule has 0 aliphatic carbocycles. The van der Waals surface area contributed by atoms with Gasteiger partial charge in [0.2, 0.25) is 5.91 Å². The number of nitrogens with one attached hydrogen (secondary N) is 1. The summed E-state index contributed by atoms with van der Waals surface area (Å²) in [6.07, 6.45) is 1.77. The fourth-order valence-electron chi connectivity index (χ4n) is 2.08.